The monoisotopic (exact) mass is 433 g/mol. The zero-order valence-electron chi connectivity index (χ0n) is 17.5. The van der Waals surface area contributed by atoms with Gasteiger partial charge < -0.3 is 9.64 Å². The fraction of sp³-hybridized carbons (Fsp3) is 0.308. The van der Waals surface area contributed by atoms with E-state index in [2.05, 4.69) is 18.2 Å². The zero-order chi connectivity index (χ0) is 21.6. The molecule has 2 heterocycles. The SMILES string of the molecule is Cc1cc2c(cc1Cl)C(=O)CC1(CCN(C(=O)Cc3cccc4ccccc34)CC1)O2. The first-order valence-corrected chi connectivity index (χ1v) is 11.1. The number of carbonyl (C=O) groups is 2. The number of hydrogen-bond acceptors (Lipinski definition) is 3. The Morgan fingerprint density at radius 3 is 2.65 bits per heavy atom. The number of likely N-dealkylation sites (tertiary alicyclic amines) is 1. The molecule has 3 aromatic carbocycles. The van der Waals surface area contributed by atoms with Gasteiger partial charge in [-0.05, 0) is 41.0 Å². The predicted molar refractivity (Wildman–Crippen MR) is 122 cm³/mol. The van der Waals surface area contributed by atoms with Crippen LogP contribution in [0.1, 0.15) is 40.7 Å². The normalized spacial score (nSPS) is 17.5. The lowest BCUT2D eigenvalue weighted by molar-refractivity contribution is -0.134. The quantitative estimate of drug-likeness (QED) is 0.545. The van der Waals surface area contributed by atoms with E-state index in [1.54, 1.807) is 6.07 Å². The van der Waals surface area contributed by atoms with Crippen molar-refractivity contribution in [1.82, 2.24) is 4.90 Å². The third-order valence-corrected chi connectivity index (χ3v) is 7.03. The molecule has 5 heteroatoms. The van der Waals surface area contributed by atoms with Crippen molar-refractivity contribution in [3.8, 4) is 5.75 Å². The molecule has 5 rings (SSSR count). The number of amides is 1. The maximum atomic E-state index is 13.0. The van der Waals surface area contributed by atoms with Gasteiger partial charge in [0.1, 0.15) is 11.4 Å². The predicted octanol–water partition coefficient (Wildman–Crippen LogP) is 5.37. The van der Waals surface area contributed by atoms with Gasteiger partial charge in [-0.1, -0.05) is 54.1 Å². The highest BCUT2D eigenvalue weighted by Crippen LogP contribution is 2.41. The van der Waals surface area contributed by atoms with Gasteiger partial charge in [-0.2, -0.15) is 0 Å². The zero-order valence-corrected chi connectivity index (χ0v) is 18.2. The summed E-state index contributed by atoms with van der Waals surface area (Å²) in [4.78, 5) is 27.7. The largest absolute Gasteiger partial charge is 0.486 e. The summed E-state index contributed by atoms with van der Waals surface area (Å²) >= 11 is 6.19. The van der Waals surface area contributed by atoms with Crippen LogP contribution in [0.3, 0.4) is 0 Å². The van der Waals surface area contributed by atoms with E-state index < -0.39 is 5.60 Å². The van der Waals surface area contributed by atoms with E-state index >= 15 is 0 Å². The summed E-state index contributed by atoms with van der Waals surface area (Å²) in [5.41, 5.74) is 1.98. The lowest BCUT2D eigenvalue weighted by Gasteiger charge is -2.44. The number of carbonyl (C=O) groups excluding carboxylic acids is 2. The molecule has 1 spiro atoms. The van der Waals surface area contributed by atoms with Gasteiger partial charge in [0.2, 0.25) is 5.91 Å². The van der Waals surface area contributed by atoms with Gasteiger partial charge in [0.05, 0.1) is 18.4 Å². The Hall–Kier alpha value is -2.85. The van der Waals surface area contributed by atoms with Crippen molar-refractivity contribution in [2.75, 3.05) is 13.1 Å². The topological polar surface area (TPSA) is 46.6 Å². The Morgan fingerprint density at radius 1 is 1.10 bits per heavy atom. The number of ether oxygens (including phenoxy) is 1. The summed E-state index contributed by atoms with van der Waals surface area (Å²) < 4.78 is 6.35. The molecule has 1 amide bonds. The summed E-state index contributed by atoms with van der Waals surface area (Å²) in [6.07, 6.45) is 2.03. The van der Waals surface area contributed by atoms with Crippen LogP contribution in [0.5, 0.6) is 5.75 Å². The molecule has 0 aliphatic carbocycles. The molecular formula is C26H24ClNO3. The Kier molecular flexibility index (Phi) is 4.98. The van der Waals surface area contributed by atoms with Crippen molar-refractivity contribution in [2.24, 2.45) is 0 Å². The summed E-state index contributed by atoms with van der Waals surface area (Å²) in [5.74, 6) is 0.809. The molecule has 0 aromatic heterocycles. The molecule has 31 heavy (non-hydrogen) atoms. The fourth-order valence-corrected chi connectivity index (χ4v) is 4.94. The molecule has 0 bridgehead atoms. The van der Waals surface area contributed by atoms with Gasteiger partial charge in [-0.3, -0.25) is 9.59 Å². The van der Waals surface area contributed by atoms with Gasteiger partial charge in [0, 0.05) is 31.0 Å². The van der Waals surface area contributed by atoms with Gasteiger partial charge in [0.15, 0.2) is 5.78 Å². The van der Waals surface area contributed by atoms with Crippen molar-refractivity contribution in [3.63, 3.8) is 0 Å². The maximum absolute atomic E-state index is 13.0. The molecule has 2 aliphatic rings. The number of fused-ring (bicyclic) bond motifs is 2. The Morgan fingerprint density at radius 2 is 1.84 bits per heavy atom. The van der Waals surface area contributed by atoms with Crippen molar-refractivity contribution >= 4 is 34.1 Å². The molecule has 1 fully saturated rings. The molecule has 4 nitrogen and oxygen atoms in total. The summed E-state index contributed by atoms with van der Waals surface area (Å²) in [5, 5.41) is 2.85. The molecule has 0 atom stereocenters. The molecule has 0 N–H and O–H groups in total. The number of hydrogen-bond donors (Lipinski definition) is 0. The van der Waals surface area contributed by atoms with E-state index in [0.717, 1.165) is 21.9 Å². The molecule has 1 saturated heterocycles. The van der Waals surface area contributed by atoms with Gasteiger partial charge in [-0.15, -0.1) is 0 Å². The van der Waals surface area contributed by atoms with Crippen LogP contribution in [-0.4, -0.2) is 35.3 Å². The van der Waals surface area contributed by atoms with Gasteiger partial charge in [-0.25, -0.2) is 0 Å². The highest BCUT2D eigenvalue weighted by Gasteiger charge is 2.43. The van der Waals surface area contributed by atoms with Crippen LogP contribution in [0.15, 0.2) is 54.6 Å². The third-order valence-electron chi connectivity index (χ3n) is 6.62. The maximum Gasteiger partial charge on any atom is 0.227 e. The van der Waals surface area contributed by atoms with E-state index in [1.807, 2.05) is 42.2 Å². The number of rotatable bonds is 2. The second kappa shape index (κ2) is 7.69. The molecule has 0 saturated carbocycles. The molecule has 2 aliphatic heterocycles. The third kappa shape index (κ3) is 3.70. The van der Waals surface area contributed by atoms with E-state index in [1.165, 1.54) is 0 Å². The Balaban J connectivity index is 1.29. The van der Waals surface area contributed by atoms with Crippen molar-refractivity contribution in [1.29, 1.82) is 0 Å². The molecule has 0 radical (unpaired) electrons. The lowest BCUT2D eigenvalue weighted by Crippen LogP contribution is -2.52. The van der Waals surface area contributed by atoms with Gasteiger partial charge >= 0.3 is 0 Å². The Bertz CT molecular complexity index is 1190. The minimum Gasteiger partial charge on any atom is -0.486 e. The minimum atomic E-state index is -0.527. The van der Waals surface area contributed by atoms with Crippen LogP contribution in [0, 0.1) is 6.92 Å². The fourth-order valence-electron chi connectivity index (χ4n) is 4.78. The van der Waals surface area contributed by atoms with E-state index in [4.69, 9.17) is 16.3 Å². The number of nitrogens with zero attached hydrogens (tertiary/aromatic N) is 1. The van der Waals surface area contributed by atoms with E-state index in [0.29, 0.717) is 55.1 Å². The number of benzene rings is 3. The van der Waals surface area contributed by atoms with Crippen LogP contribution in [-0.2, 0) is 11.2 Å². The van der Waals surface area contributed by atoms with Crippen LogP contribution in [0.2, 0.25) is 5.02 Å². The smallest absolute Gasteiger partial charge is 0.227 e. The summed E-state index contributed by atoms with van der Waals surface area (Å²) in [7, 11) is 0. The summed E-state index contributed by atoms with van der Waals surface area (Å²) in [6.45, 7) is 3.10. The van der Waals surface area contributed by atoms with E-state index in [-0.39, 0.29) is 11.7 Å². The molecule has 3 aromatic rings. The number of Topliss-reactive ketones (excluding diaryl/α,β-unsaturated/α-hetero) is 1. The first-order chi connectivity index (χ1) is 14.9. The number of halogens is 1. The highest BCUT2D eigenvalue weighted by molar-refractivity contribution is 6.31. The van der Waals surface area contributed by atoms with Crippen LogP contribution in [0.25, 0.3) is 10.8 Å². The van der Waals surface area contributed by atoms with Crippen LogP contribution >= 0.6 is 11.6 Å². The molecule has 158 valence electrons. The first kappa shape index (κ1) is 20.1. The van der Waals surface area contributed by atoms with Crippen LogP contribution < -0.4 is 4.74 Å². The number of aryl methyl sites for hydroxylation is 1. The van der Waals surface area contributed by atoms with Crippen molar-refractivity contribution in [3.05, 3.63) is 76.3 Å². The van der Waals surface area contributed by atoms with Crippen molar-refractivity contribution < 1.29 is 14.3 Å². The number of ketones is 1. The van der Waals surface area contributed by atoms with Crippen LogP contribution in [0.4, 0.5) is 0 Å². The first-order valence-electron chi connectivity index (χ1n) is 10.7. The molecular weight excluding hydrogens is 410 g/mol. The highest BCUT2D eigenvalue weighted by atomic mass is 35.5. The number of piperidine rings is 1. The summed E-state index contributed by atoms with van der Waals surface area (Å²) in [6, 6.07) is 17.8. The van der Waals surface area contributed by atoms with E-state index in [9.17, 15) is 9.59 Å². The van der Waals surface area contributed by atoms with Gasteiger partial charge in [0.25, 0.3) is 0 Å². The average molecular weight is 434 g/mol. The second-order valence-corrected chi connectivity index (χ2v) is 9.09. The standard InChI is InChI=1S/C26H24ClNO3/c1-17-13-24-21(15-22(17)27)23(29)16-26(31-24)9-11-28(12-10-26)25(30)14-19-7-4-6-18-5-2-3-8-20(18)19/h2-8,13,15H,9-12,14,16H2,1H3. The molecule has 0 unspecified atom stereocenters. The second-order valence-electron chi connectivity index (χ2n) is 8.68. The Labute approximate surface area is 186 Å². The lowest BCUT2D eigenvalue weighted by atomic mass is 9.82. The van der Waals surface area contributed by atoms with Crippen molar-refractivity contribution in [2.45, 2.75) is 38.2 Å². The average Bonchev–Trinajstić information content (AvgIpc) is 2.76. The minimum absolute atomic E-state index is 0.0682.